The second-order valence-electron chi connectivity index (χ2n) is 3.99. The second-order valence-corrected chi connectivity index (χ2v) is 3.99. The van der Waals surface area contributed by atoms with Crippen molar-refractivity contribution in [3.8, 4) is 11.5 Å². The summed E-state index contributed by atoms with van der Waals surface area (Å²) in [5.41, 5.74) is 0. The smallest absolute Gasteiger partial charge is 0.161 e. The van der Waals surface area contributed by atoms with Gasteiger partial charge in [0.1, 0.15) is 6.61 Å². The molecule has 96 valence electrons. The highest BCUT2D eigenvalue weighted by molar-refractivity contribution is 5.39. The highest BCUT2D eigenvalue weighted by Gasteiger charge is 2.03. The van der Waals surface area contributed by atoms with Crippen LogP contribution in [0.2, 0.25) is 0 Å². The van der Waals surface area contributed by atoms with E-state index in [2.05, 4.69) is 19.2 Å². The predicted octanol–water partition coefficient (Wildman–Crippen LogP) is 2.85. The average Bonchev–Trinajstić information content (AvgIpc) is 2.36. The molecule has 0 saturated heterocycles. The molecule has 1 unspecified atom stereocenters. The van der Waals surface area contributed by atoms with Gasteiger partial charge in [0, 0.05) is 12.6 Å². The Balaban J connectivity index is 2.35. The molecule has 3 nitrogen and oxygen atoms in total. The third-order valence-corrected chi connectivity index (χ3v) is 2.61. The number of para-hydroxylation sites is 2. The molecular weight excluding hydrogens is 214 g/mol. The summed E-state index contributed by atoms with van der Waals surface area (Å²) < 4.78 is 11.2. The summed E-state index contributed by atoms with van der Waals surface area (Å²) in [6, 6.07) is 8.32. The summed E-state index contributed by atoms with van der Waals surface area (Å²) in [6.07, 6.45) is 1.13. The molecule has 0 amide bonds. The summed E-state index contributed by atoms with van der Waals surface area (Å²) in [7, 11) is 0. The molecular formula is C14H23NO2. The summed E-state index contributed by atoms with van der Waals surface area (Å²) >= 11 is 0. The van der Waals surface area contributed by atoms with E-state index in [-0.39, 0.29) is 0 Å². The normalized spacial score (nSPS) is 12.2. The Bertz CT molecular complexity index is 315. The van der Waals surface area contributed by atoms with Crippen molar-refractivity contribution in [2.45, 2.75) is 33.2 Å². The highest BCUT2D eigenvalue weighted by Crippen LogP contribution is 2.25. The van der Waals surface area contributed by atoms with Crippen molar-refractivity contribution in [1.82, 2.24) is 5.32 Å². The van der Waals surface area contributed by atoms with E-state index in [0.717, 1.165) is 24.5 Å². The first-order chi connectivity index (χ1) is 8.27. The average molecular weight is 237 g/mol. The summed E-state index contributed by atoms with van der Waals surface area (Å²) in [6.45, 7) is 8.49. The molecule has 0 aromatic heterocycles. The Morgan fingerprint density at radius 1 is 1.12 bits per heavy atom. The van der Waals surface area contributed by atoms with Gasteiger partial charge in [0.15, 0.2) is 11.5 Å². The largest absolute Gasteiger partial charge is 0.490 e. The zero-order valence-corrected chi connectivity index (χ0v) is 11.0. The maximum absolute atomic E-state index is 5.70. The third kappa shape index (κ3) is 5.09. The molecule has 0 heterocycles. The van der Waals surface area contributed by atoms with Gasteiger partial charge in [-0.1, -0.05) is 19.1 Å². The van der Waals surface area contributed by atoms with Crippen molar-refractivity contribution in [1.29, 1.82) is 0 Å². The molecule has 0 aliphatic rings. The number of rotatable bonds is 8. The van der Waals surface area contributed by atoms with Crippen LogP contribution in [0.3, 0.4) is 0 Å². The van der Waals surface area contributed by atoms with E-state index >= 15 is 0 Å². The molecule has 0 spiro atoms. The molecule has 1 atom stereocenters. The molecule has 0 saturated carbocycles. The first kappa shape index (κ1) is 13.8. The van der Waals surface area contributed by atoms with Crippen molar-refractivity contribution >= 4 is 0 Å². The van der Waals surface area contributed by atoms with Crippen LogP contribution < -0.4 is 14.8 Å². The monoisotopic (exact) mass is 237 g/mol. The Hall–Kier alpha value is -1.22. The Morgan fingerprint density at radius 2 is 1.76 bits per heavy atom. The first-order valence-corrected chi connectivity index (χ1v) is 6.35. The van der Waals surface area contributed by atoms with Crippen LogP contribution in [0.1, 0.15) is 27.2 Å². The fourth-order valence-electron chi connectivity index (χ4n) is 1.45. The number of nitrogens with one attached hydrogen (secondary N) is 1. The molecule has 0 fully saturated rings. The molecule has 1 aromatic rings. The van der Waals surface area contributed by atoms with Gasteiger partial charge in [0.05, 0.1) is 6.61 Å². The quantitative estimate of drug-likeness (QED) is 0.705. The number of ether oxygens (including phenoxy) is 2. The van der Waals surface area contributed by atoms with Crippen LogP contribution in [-0.2, 0) is 0 Å². The van der Waals surface area contributed by atoms with E-state index < -0.39 is 0 Å². The fraction of sp³-hybridized carbons (Fsp3) is 0.571. The van der Waals surface area contributed by atoms with Crippen molar-refractivity contribution in [2.75, 3.05) is 19.8 Å². The lowest BCUT2D eigenvalue weighted by atomic mass is 10.3. The van der Waals surface area contributed by atoms with Crippen LogP contribution in [0.4, 0.5) is 0 Å². The van der Waals surface area contributed by atoms with E-state index in [1.807, 2.05) is 31.2 Å². The fourth-order valence-corrected chi connectivity index (χ4v) is 1.45. The molecule has 3 heteroatoms. The molecule has 1 aromatic carbocycles. The minimum absolute atomic E-state index is 0.542. The predicted molar refractivity (Wildman–Crippen MR) is 70.9 cm³/mol. The van der Waals surface area contributed by atoms with Gasteiger partial charge >= 0.3 is 0 Å². The third-order valence-electron chi connectivity index (χ3n) is 2.61. The van der Waals surface area contributed by atoms with Gasteiger partial charge in [-0.3, -0.25) is 0 Å². The van der Waals surface area contributed by atoms with Crippen LogP contribution in [0.25, 0.3) is 0 Å². The van der Waals surface area contributed by atoms with Crippen molar-refractivity contribution in [3.63, 3.8) is 0 Å². The Kier molecular flexibility index (Phi) is 6.48. The minimum atomic E-state index is 0.542. The lowest BCUT2D eigenvalue weighted by molar-refractivity contribution is 0.272. The van der Waals surface area contributed by atoms with Crippen molar-refractivity contribution in [2.24, 2.45) is 0 Å². The molecule has 0 aliphatic heterocycles. The highest BCUT2D eigenvalue weighted by atomic mass is 16.5. The van der Waals surface area contributed by atoms with Gasteiger partial charge in [-0.25, -0.2) is 0 Å². The number of hydrogen-bond acceptors (Lipinski definition) is 3. The number of benzene rings is 1. The lowest BCUT2D eigenvalue weighted by Gasteiger charge is -2.14. The first-order valence-electron chi connectivity index (χ1n) is 6.35. The maximum Gasteiger partial charge on any atom is 0.161 e. The van der Waals surface area contributed by atoms with E-state index in [1.165, 1.54) is 0 Å². The standard InChI is InChI=1S/C14H23NO2/c1-4-12(3)15-10-11-17-14-9-7-6-8-13(14)16-5-2/h6-9,12,15H,4-5,10-11H2,1-3H3. The molecule has 0 aliphatic carbocycles. The summed E-state index contributed by atoms with van der Waals surface area (Å²) in [5, 5.41) is 3.39. The van der Waals surface area contributed by atoms with Crippen molar-refractivity contribution in [3.05, 3.63) is 24.3 Å². The van der Waals surface area contributed by atoms with Gasteiger partial charge in [-0.15, -0.1) is 0 Å². The summed E-state index contributed by atoms with van der Waals surface area (Å²) in [5.74, 6) is 1.64. The van der Waals surface area contributed by atoms with E-state index in [0.29, 0.717) is 19.3 Å². The van der Waals surface area contributed by atoms with Gasteiger partial charge < -0.3 is 14.8 Å². The zero-order chi connectivity index (χ0) is 12.5. The van der Waals surface area contributed by atoms with Crippen LogP contribution in [0.5, 0.6) is 11.5 Å². The molecule has 0 bridgehead atoms. The maximum atomic E-state index is 5.70. The second kappa shape index (κ2) is 7.96. The number of hydrogen-bond donors (Lipinski definition) is 1. The van der Waals surface area contributed by atoms with E-state index in [9.17, 15) is 0 Å². The molecule has 0 radical (unpaired) electrons. The van der Waals surface area contributed by atoms with Crippen LogP contribution in [-0.4, -0.2) is 25.8 Å². The van der Waals surface area contributed by atoms with Crippen LogP contribution in [0.15, 0.2) is 24.3 Å². The Morgan fingerprint density at radius 3 is 2.35 bits per heavy atom. The zero-order valence-electron chi connectivity index (χ0n) is 11.0. The lowest BCUT2D eigenvalue weighted by Crippen LogP contribution is -2.29. The topological polar surface area (TPSA) is 30.5 Å². The van der Waals surface area contributed by atoms with Gasteiger partial charge in [0.2, 0.25) is 0 Å². The van der Waals surface area contributed by atoms with Gasteiger partial charge in [-0.2, -0.15) is 0 Å². The molecule has 1 N–H and O–H groups in total. The van der Waals surface area contributed by atoms with Crippen LogP contribution >= 0.6 is 0 Å². The van der Waals surface area contributed by atoms with Gasteiger partial charge in [0.25, 0.3) is 0 Å². The van der Waals surface area contributed by atoms with Crippen molar-refractivity contribution < 1.29 is 9.47 Å². The minimum Gasteiger partial charge on any atom is -0.490 e. The van der Waals surface area contributed by atoms with E-state index in [1.54, 1.807) is 0 Å². The molecule has 17 heavy (non-hydrogen) atoms. The van der Waals surface area contributed by atoms with Crippen LogP contribution in [0, 0.1) is 0 Å². The van der Waals surface area contributed by atoms with E-state index in [4.69, 9.17) is 9.47 Å². The SMILES string of the molecule is CCOc1ccccc1OCCNC(C)CC. The van der Waals surface area contributed by atoms with Gasteiger partial charge in [-0.05, 0) is 32.4 Å². The Labute approximate surface area is 104 Å². The summed E-state index contributed by atoms with van der Waals surface area (Å²) in [4.78, 5) is 0. The molecule has 1 rings (SSSR count).